The Morgan fingerprint density at radius 2 is 0.955 bits per heavy atom. The van der Waals surface area contributed by atoms with E-state index in [1.165, 1.54) is 55.9 Å². The molecule has 0 saturated carbocycles. The normalized spacial score (nSPS) is 11.0. The summed E-state index contributed by atoms with van der Waals surface area (Å²) in [6, 6.07) is 4.60. The van der Waals surface area contributed by atoms with Gasteiger partial charge in [-0.25, -0.2) is 0 Å². The molecule has 2 rings (SSSR count). The molecule has 22 heavy (non-hydrogen) atoms. The number of nitrogens with zero attached hydrogens (tertiary/aromatic N) is 1. The zero-order valence-electron chi connectivity index (χ0n) is 15.6. The van der Waals surface area contributed by atoms with Crippen LogP contribution in [0.1, 0.15) is 44.5 Å². The maximum atomic E-state index is 2.37. The number of anilines is 2. The quantitative estimate of drug-likeness (QED) is 0.664. The molecular weight excluding hydrogens is 266 g/mol. The molecule has 1 heteroatoms. The lowest BCUT2D eigenvalue weighted by Gasteiger charge is -2.29. The molecule has 0 aromatic heterocycles. The van der Waals surface area contributed by atoms with E-state index in [9.17, 15) is 0 Å². The van der Waals surface area contributed by atoms with Gasteiger partial charge in [-0.3, -0.25) is 0 Å². The third-order valence-corrected chi connectivity index (χ3v) is 5.47. The molecule has 118 valence electrons. The Bertz CT molecular complexity index is 709. The predicted molar refractivity (Wildman–Crippen MR) is 98.8 cm³/mol. The summed E-state index contributed by atoms with van der Waals surface area (Å²) in [6.07, 6.45) is 0. The molecule has 0 N–H and O–H groups in total. The van der Waals surface area contributed by atoms with Crippen LogP contribution in [0.3, 0.4) is 0 Å². The molecule has 0 heterocycles. The molecule has 1 nitrogen and oxygen atoms in total. The lowest BCUT2D eigenvalue weighted by Crippen LogP contribution is -2.16. The number of aryl methyl sites for hydroxylation is 3. The van der Waals surface area contributed by atoms with Crippen LogP contribution < -0.4 is 4.90 Å². The van der Waals surface area contributed by atoms with Gasteiger partial charge in [0.1, 0.15) is 0 Å². The smallest absolute Gasteiger partial charge is 0.0473 e. The number of rotatable bonds is 2. The topological polar surface area (TPSA) is 3.24 Å². The molecule has 0 saturated heterocycles. The van der Waals surface area contributed by atoms with Crippen LogP contribution >= 0.6 is 0 Å². The minimum atomic E-state index is 1.30. The fourth-order valence-corrected chi connectivity index (χ4v) is 3.41. The Morgan fingerprint density at radius 1 is 0.545 bits per heavy atom. The maximum Gasteiger partial charge on any atom is 0.0473 e. The van der Waals surface area contributed by atoms with Crippen LogP contribution in [0.15, 0.2) is 12.1 Å². The van der Waals surface area contributed by atoms with E-state index in [-0.39, 0.29) is 0 Å². The molecule has 0 bridgehead atoms. The molecular formula is C21H29N. The highest BCUT2D eigenvalue weighted by Crippen LogP contribution is 2.37. The van der Waals surface area contributed by atoms with Crippen LogP contribution in [-0.4, -0.2) is 7.05 Å². The Morgan fingerprint density at radius 3 is 1.45 bits per heavy atom. The molecule has 0 aliphatic heterocycles. The monoisotopic (exact) mass is 295 g/mol. The molecule has 0 spiro atoms. The first kappa shape index (κ1) is 16.6. The Balaban J connectivity index is 2.70. The molecule has 0 aliphatic carbocycles. The van der Waals surface area contributed by atoms with Gasteiger partial charge in [0.05, 0.1) is 0 Å². The highest BCUT2D eigenvalue weighted by atomic mass is 15.1. The summed E-state index contributed by atoms with van der Waals surface area (Å²) in [6.45, 7) is 17.8. The van der Waals surface area contributed by atoms with Crippen molar-refractivity contribution in [3.05, 3.63) is 56.6 Å². The van der Waals surface area contributed by atoms with Crippen molar-refractivity contribution in [2.24, 2.45) is 0 Å². The lowest BCUT2D eigenvalue weighted by molar-refractivity contribution is 1.09. The van der Waals surface area contributed by atoms with Crippen molar-refractivity contribution >= 4 is 11.4 Å². The highest BCUT2D eigenvalue weighted by Gasteiger charge is 2.17. The van der Waals surface area contributed by atoms with E-state index < -0.39 is 0 Å². The zero-order chi connectivity index (χ0) is 16.8. The first-order valence-electron chi connectivity index (χ1n) is 8.05. The summed E-state index contributed by atoms with van der Waals surface area (Å²) < 4.78 is 0. The molecule has 0 atom stereocenters. The third kappa shape index (κ3) is 2.54. The maximum absolute atomic E-state index is 2.37. The average molecular weight is 295 g/mol. The summed E-state index contributed by atoms with van der Waals surface area (Å²) in [5.74, 6) is 0. The van der Waals surface area contributed by atoms with Gasteiger partial charge >= 0.3 is 0 Å². The summed E-state index contributed by atoms with van der Waals surface area (Å²) in [5, 5.41) is 0. The van der Waals surface area contributed by atoms with Gasteiger partial charge in [0.15, 0.2) is 0 Å². The summed E-state index contributed by atoms with van der Waals surface area (Å²) >= 11 is 0. The highest BCUT2D eigenvalue weighted by molar-refractivity contribution is 5.75. The fraction of sp³-hybridized carbons (Fsp3) is 0.429. The van der Waals surface area contributed by atoms with Crippen molar-refractivity contribution in [3.63, 3.8) is 0 Å². The average Bonchev–Trinajstić information content (AvgIpc) is 2.47. The van der Waals surface area contributed by atoms with E-state index in [4.69, 9.17) is 0 Å². The van der Waals surface area contributed by atoms with Crippen LogP contribution in [0.4, 0.5) is 11.4 Å². The van der Waals surface area contributed by atoms with Gasteiger partial charge in [0.2, 0.25) is 0 Å². The van der Waals surface area contributed by atoms with E-state index in [1.54, 1.807) is 0 Å². The molecule has 0 fully saturated rings. The van der Waals surface area contributed by atoms with Gasteiger partial charge in [-0.1, -0.05) is 6.07 Å². The Labute approximate surface area is 136 Å². The van der Waals surface area contributed by atoms with Crippen LogP contribution in [0.25, 0.3) is 0 Å². The van der Waals surface area contributed by atoms with Crippen LogP contribution in [0.5, 0.6) is 0 Å². The van der Waals surface area contributed by atoms with E-state index in [2.05, 4.69) is 79.5 Å². The number of hydrogen-bond acceptors (Lipinski definition) is 1. The van der Waals surface area contributed by atoms with Crippen molar-refractivity contribution in [2.45, 2.75) is 55.4 Å². The van der Waals surface area contributed by atoms with E-state index in [0.717, 1.165) is 0 Å². The Kier molecular flexibility index (Phi) is 4.37. The van der Waals surface area contributed by atoms with Crippen LogP contribution in [0.2, 0.25) is 0 Å². The molecule has 0 amide bonds. The molecule has 2 aromatic carbocycles. The fourth-order valence-electron chi connectivity index (χ4n) is 3.41. The predicted octanol–water partition coefficient (Wildman–Crippen LogP) is 5.92. The number of benzene rings is 2. The van der Waals surface area contributed by atoms with Crippen LogP contribution in [0, 0.1) is 55.4 Å². The van der Waals surface area contributed by atoms with E-state index >= 15 is 0 Å². The first-order valence-corrected chi connectivity index (χ1v) is 8.05. The number of hydrogen-bond donors (Lipinski definition) is 0. The minimum absolute atomic E-state index is 1.30. The zero-order valence-corrected chi connectivity index (χ0v) is 15.6. The second-order valence-corrected chi connectivity index (χ2v) is 6.76. The molecule has 0 unspecified atom stereocenters. The van der Waals surface area contributed by atoms with E-state index in [0.29, 0.717) is 0 Å². The molecule has 0 radical (unpaired) electrons. The van der Waals surface area contributed by atoms with Crippen molar-refractivity contribution < 1.29 is 0 Å². The summed E-state index contributed by atoms with van der Waals surface area (Å²) in [4.78, 5) is 2.37. The van der Waals surface area contributed by atoms with Gasteiger partial charge in [-0.05, 0) is 106 Å². The van der Waals surface area contributed by atoms with Gasteiger partial charge in [0.25, 0.3) is 0 Å². The second-order valence-electron chi connectivity index (χ2n) is 6.76. The second kappa shape index (κ2) is 5.79. The van der Waals surface area contributed by atoms with Crippen LogP contribution in [-0.2, 0) is 0 Å². The standard InChI is InChI=1S/C21H29N/c1-12-10-14(3)20(11-13(12)2)22(9)21-18(7)16(5)15(4)17(6)19(21)8/h10-11H,1-9H3. The van der Waals surface area contributed by atoms with Crippen molar-refractivity contribution in [3.8, 4) is 0 Å². The van der Waals surface area contributed by atoms with Crippen molar-refractivity contribution in [2.75, 3.05) is 11.9 Å². The van der Waals surface area contributed by atoms with Gasteiger partial charge in [-0.2, -0.15) is 0 Å². The van der Waals surface area contributed by atoms with Crippen molar-refractivity contribution in [1.29, 1.82) is 0 Å². The largest absolute Gasteiger partial charge is 0.344 e. The molecule has 2 aromatic rings. The van der Waals surface area contributed by atoms with Crippen molar-refractivity contribution in [1.82, 2.24) is 0 Å². The minimum Gasteiger partial charge on any atom is -0.344 e. The van der Waals surface area contributed by atoms with Gasteiger partial charge in [-0.15, -0.1) is 0 Å². The molecule has 0 aliphatic rings. The van der Waals surface area contributed by atoms with E-state index in [1.807, 2.05) is 0 Å². The Hall–Kier alpha value is -1.76. The van der Waals surface area contributed by atoms with Gasteiger partial charge in [0, 0.05) is 18.4 Å². The third-order valence-electron chi connectivity index (χ3n) is 5.47. The SMILES string of the molecule is Cc1cc(C)c(N(C)c2c(C)c(C)c(C)c(C)c2C)cc1C. The first-order chi connectivity index (χ1) is 10.2. The summed E-state index contributed by atoms with van der Waals surface area (Å²) in [5.41, 5.74) is 13.7. The summed E-state index contributed by atoms with van der Waals surface area (Å²) in [7, 11) is 2.20. The lowest BCUT2D eigenvalue weighted by atomic mass is 9.92. The van der Waals surface area contributed by atoms with Gasteiger partial charge < -0.3 is 4.90 Å².